The van der Waals surface area contributed by atoms with E-state index >= 15 is 0 Å². The number of carbonyl (C=O) groups is 2. The van der Waals surface area contributed by atoms with Gasteiger partial charge in [-0.3, -0.25) is 0 Å². The number of hydrogen-bond acceptors (Lipinski definition) is 6. The van der Waals surface area contributed by atoms with Crippen LogP contribution in [-0.4, -0.2) is 30.7 Å². The molecule has 0 fully saturated rings. The summed E-state index contributed by atoms with van der Waals surface area (Å²) in [4.78, 5) is 29.1. The van der Waals surface area contributed by atoms with E-state index in [1.807, 2.05) is 31.2 Å². The molecule has 0 amide bonds. The van der Waals surface area contributed by atoms with E-state index in [1.165, 1.54) is 26.4 Å². The summed E-state index contributed by atoms with van der Waals surface area (Å²) in [5.74, 6) is -1.49. The van der Waals surface area contributed by atoms with Crippen LogP contribution in [0.15, 0.2) is 58.0 Å². The van der Waals surface area contributed by atoms with E-state index in [0.29, 0.717) is 17.7 Å². The van der Waals surface area contributed by atoms with Crippen molar-refractivity contribution in [1.29, 1.82) is 0 Å². The number of fused-ring (bicyclic) bond motifs is 3. The molecule has 3 aromatic rings. The summed E-state index contributed by atoms with van der Waals surface area (Å²) in [7, 11) is 2.41. The van der Waals surface area contributed by atoms with Gasteiger partial charge in [0.25, 0.3) is 0 Å². The van der Waals surface area contributed by atoms with Gasteiger partial charge < -0.3 is 14.0 Å². The molecular formula is C22H19N7O4. The summed E-state index contributed by atoms with van der Waals surface area (Å²) in [6, 6.07) is 11.2. The van der Waals surface area contributed by atoms with Crippen molar-refractivity contribution in [2.24, 2.45) is 10.2 Å². The number of ether oxygens (including phenoxy) is 2. The number of carbonyl (C=O) groups excluding carboxylic acids is 2. The van der Waals surface area contributed by atoms with Crippen LogP contribution in [0.2, 0.25) is 0 Å². The first kappa shape index (κ1) is 23.0. The molecule has 33 heavy (non-hydrogen) atoms. The van der Waals surface area contributed by atoms with E-state index in [9.17, 15) is 9.59 Å². The summed E-state index contributed by atoms with van der Waals surface area (Å²) in [6.07, 6.45) is 2.89. The van der Waals surface area contributed by atoms with Gasteiger partial charge >= 0.3 is 11.9 Å². The third kappa shape index (κ3) is 4.64. The molecule has 11 heteroatoms. The average Bonchev–Trinajstić information content (AvgIpc) is 3.14. The molecule has 0 unspecified atom stereocenters. The molecule has 11 nitrogen and oxygen atoms in total. The van der Waals surface area contributed by atoms with E-state index in [4.69, 9.17) is 11.1 Å². The molecule has 0 aliphatic rings. The fourth-order valence-electron chi connectivity index (χ4n) is 3.54. The maximum absolute atomic E-state index is 11.9. The van der Waals surface area contributed by atoms with Gasteiger partial charge in [-0.1, -0.05) is 22.4 Å². The zero-order chi connectivity index (χ0) is 24.0. The Bertz CT molecular complexity index is 1320. The number of aryl methyl sites for hydroxylation is 1. The fourth-order valence-corrected chi connectivity index (χ4v) is 3.54. The second-order valence-corrected chi connectivity index (χ2v) is 6.72. The maximum Gasteiger partial charge on any atom is 0.340 e. The number of methoxy groups -OCH3 is 2. The predicted octanol–water partition coefficient (Wildman–Crippen LogP) is 5.46. The topological polar surface area (TPSA) is 155 Å². The second kappa shape index (κ2) is 10.1. The van der Waals surface area contributed by atoms with Crippen LogP contribution >= 0.6 is 0 Å². The number of aromatic nitrogens is 1. The average molecular weight is 445 g/mol. The standard InChI is InChI=1S/C22H19N7O4/c1-4-29-19-7-5-13(11-17(25-27-23)21(30)32-2)9-15(19)16-10-14(6-8-20(16)29)12-18(26-28-24)22(31)33-3/h5-12H,4H2,1-3H3/b17-11-,18-12-. The van der Waals surface area contributed by atoms with Gasteiger partial charge in [0.05, 0.1) is 14.2 Å². The molecule has 166 valence electrons. The van der Waals surface area contributed by atoms with Crippen LogP contribution in [0.4, 0.5) is 0 Å². The number of benzene rings is 2. The van der Waals surface area contributed by atoms with Crippen molar-refractivity contribution in [3.63, 3.8) is 0 Å². The maximum atomic E-state index is 11.9. The summed E-state index contributed by atoms with van der Waals surface area (Å²) < 4.78 is 11.4. The Hall–Kier alpha value is -4.72. The van der Waals surface area contributed by atoms with Gasteiger partial charge in [-0.25, -0.2) is 9.59 Å². The molecule has 0 bridgehead atoms. The van der Waals surface area contributed by atoms with Crippen molar-refractivity contribution in [1.82, 2.24) is 4.57 Å². The Morgan fingerprint density at radius 1 is 0.879 bits per heavy atom. The first-order valence-electron chi connectivity index (χ1n) is 9.73. The molecule has 0 spiro atoms. The predicted molar refractivity (Wildman–Crippen MR) is 123 cm³/mol. The molecule has 0 saturated carbocycles. The summed E-state index contributed by atoms with van der Waals surface area (Å²) in [6.45, 7) is 2.73. The highest BCUT2D eigenvalue weighted by Crippen LogP contribution is 2.32. The van der Waals surface area contributed by atoms with Crippen LogP contribution in [0, 0.1) is 0 Å². The van der Waals surface area contributed by atoms with E-state index in [2.05, 4.69) is 34.1 Å². The summed E-state index contributed by atoms with van der Waals surface area (Å²) >= 11 is 0. The molecule has 2 aromatic carbocycles. The minimum Gasteiger partial charge on any atom is -0.466 e. The van der Waals surface area contributed by atoms with Gasteiger partial charge in [0, 0.05) is 38.2 Å². The third-order valence-corrected chi connectivity index (χ3v) is 4.93. The molecule has 1 aromatic heterocycles. The number of rotatable bonds is 7. The van der Waals surface area contributed by atoms with Crippen LogP contribution in [0.5, 0.6) is 0 Å². The van der Waals surface area contributed by atoms with Crippen molar-refractivity contribution in [3.8, 4) is 0 Å². The smallest absolute Gasteiger partial charge is 0.340 e. The van der Waals surface area contributed by atoms with Gasteiger partial charge in [-0.2, -0.15) is 0 Å². The lowest BCUT2D eigenvalue weighted by molar-refractivity contribution is -0.136. The van der Waals surface area contributed by atoms with Crippen molar-refractivity contribution in [2.45, 2.75) is 13.5 Å². The minimum atomic E-state index is -0.746. The number of hydrogen-bond donors (Lipinski definition) is 0. The molecule has 0 saturated heterocycles. The summed E-state index contributed by atoms with van der Waals surface area (Å²) in [5.41, 5.74) is 20.3. The fraction of sp³-hybridized carbons (Fsp3) is 0.182. The number of azide groups is 2. The lowest BCUT2D eigenvalue weighted by Crippen LogP contribution is -2.01. The normalized spacial score (nSPS) is 11.6. The Balaban J connectivity index is 2.25. The highest BCUT2D eigenvalue weighted by Gasteiger charge is 2.13. The van der Waals surface area contributed by atoms with Crippen LogP contribution < -0.4 is 0 Å². The van der Waals surface area contributed by atoms with Gasteiger partial charge in [0.1, 0.15) is 11.4 Å². The van der Waals surface area contributed by atoms with Gasteiger partial charge in [0.2, 0.25) is 0 Å². The van der Waals surface area contributed by atoms with Crippen molar-refractivity contribution < 1.29 is 19.1 Å². The number of esters is 2. The lowest BCUT2D eigenvalue weighted by atomic mass is 10.1. The van der Waals surface area contributed by atoms with Crippen molar-refractivity contribution in [2.75, 3.05) is 14.2 Å². The highest BCUT2D eigenvalue weighted by atomic mass is 16.5. The molecule has 0 radical (unpaired) electrons. The van der Waals surface area contributed by atoms with Gasteiger partial charge in [-0.15, -0.1) is 0 Å². The largest absolute Gasteiger partial charge is 0.466 e. The zero-order valence-electron chi connectivity index (χ0n) is 18.1. The first-order valence-corrected chi connectivity index (χ1v) is 9.73. The zero-order valence-corrected chi connectivity index (χ0v) is 18.1. The van der Waals surface area contributed by atoms with Crippen LogP contribution in [0.1, 0.15) is 18.1 Å². The Morgan fingerprint density at radius 3 is 1.64 bits per heavy atom. The highest BCUT2D eigenvalue weighted by molar-refractivity contribution is 6.10. The van der Waals surface area contributed by atoms with E-state index in [0.717, 1.165) is 21.8 Å². The van der Waals surface area contributed by atoms with Crippen LogP contribution in [-0.2, 0) is 25.6 Å². The quantitative estimate of drug-likeness (QED) is 0.155. The van der Waals surface area contributed by atoms with E-state index < -0.39 is 11.9 Å². The monoisotopic (exact) mass is 445 g/mol. The van der Waals surface area contributed by atoms with Gasteiger partial charge in [-0.05, 0) is 65.5 Å². The Labute approximate surface area is 187 Å². The van der Waals surface area contributed by atoms with Gasteiger partial charge in [0.15, 0.2) is 0 Å². The minimum absolute atomic E-state index is 0.167. The number of nitrogens with zero attached hydrogens (tertiary/aromatic N) is 7. The Kier molecular flexibility index (Phi) is 7.00. The van der Waals surface area contributed by atoms with Crippen LogP contribution in [0.25, 0.3) is 54.8 Å². The molecule has 0 aliphatic carbocycles. The van der Waals surface area contributed by atoms with E-state index in [1.54, 1.807) is 12.1 Å². The van der Waals surface area contributed by atoms with Crippen LogP contribution in [0.3, 0.4) is 0 Å². The molecule has 1 heterocycles. The summed E-state index contributed by atoms with van der Waals surface area (Å²) in [5, 5.41) is 8.59. The lowest BCUT2D eigenvalue weighted by Gasteiger charge is -2.04. The SMILES string of the molecule is CCn1c2ccc(/C=C(\N=[N+]=[N-])C(=O)OC)cc2c2cc(/C=C(\N=[N+]=[N-])C(=O)OC)ccc21. The molecule has 3 rings (SSSR count). The molecular weight excluding hydrogens is 426 g/mol. The Morgan fingerprint density at radius 2 is 1.30 bits per heavy atom. The van der Waals surface area contributed by atoms with Crippen molar-refractivity contribution >= 4 is 45.9 Å². The first-order chi connectivity index (χ1) is 16.0. The second-order valence-electron chi connectivity index (χ2n) is 6.72. The molecule has 0 aliphatic heterocycles. The molecule has 0 atom stereocenters. The third-order valence-electron chi connectivity index (χ3n) is 4.93. The molecule has 0 N–H and O–H groups in total. The van der Waals surface area contributed by atoms with Crippen molar-refractivity contribution in [3.05, 3.63) is 79.8 Å². The van der Waals surface area contributed by atoms with E-state index in [-0.39, 0.29) is 11.4 Å².